The van der Waals surface area contributed by atoms with Crippen LogP contribution in [0.1, 0.15) is 45.4 Å². The summed E-state index contributed by atoms with van der Waals surface area (Å²) in [7, 11) is 0. The number of carbonyl (C=O) groups is 1. The van der Waals surface area contributed by atoms with E-state index in [9.17, 15) is 18.0 Å². The normalized spacial score (nSPS) is 11.5. The van der Waals surface area contributed by atoms with Gasteiger partial charge in [0.25, 0.3) is 0 Å². The molecule has 0 amide bonds. The minimum absolute atomic E-state index is 0.0831. The van der Waals surface area contributed by atoms with E-state index in [1.807, 2.05) is 0 Å². The average Bonchev–Trinajstić information content (AvgIpc) is 2.13. The number of halogens is 3. The highest BCUT2D eigenvalue weighted by Crippen LogP contribution is 2.15. The molecule has 0 saturated heterocycles. The number of carbonyl (C=O) groups excluding carboxylic acids is 1. The Balaban J connectivity index is 3.34. The topological polar surface area (TPSA) is 26.3 Å². The predicted octanol–water partition coefficient (Wildman–Crippen LogP) is 3.45. The smallest absolute Gasteiger partial charge is 0.422 e. The second-order valence-electron chi connectivity index (χ2n) is 3.44. The van der Waals surface area contributed by atoms with Crippen LogP contribution in [0.25, 0.3) is 0 Å². The van der Waals surface area contributed by atoms with E-state index in [0.29, 0.717) is 6.42 Å². The minimum atomic E-state index is -4.42. The third kappa shape index (κ3) is 11.2. The molecule has 0 aliphatic heterocycles. The van der Waals surface area contributed by atoms with Crippen LogP contribution in [-0.2, 0) is 9.53 Å². The molecule has 0 N–H and O–H groups in total. The van der Waals surface area contributed by atoms with Gasteiger partial charge in [0.15, 0.2) is 6.61 Å². The van der Waals surface area contributed by atoms with Crippen LogP contribution in [0.2, 0.25) is 0 Å². The van der Waals surface area contributed by atoms with Gasteiger partial charge in [0.1, 0.15) is 0 Å². The maximum absolute atomic E-state index is 11.6. The molecule has 0 aliphatic rings. The Morgan fingerprint density at radius 3 is 2.27 bits per heavy atom. The zero-order valence-corrected chi connectivity index (χ0v) is 8.90. The van der Waals surface area contributed by atoms with Gasteiger partial charge in [-0.05, 0) is 6.42 Å². The van der Waals surface area contributed by atoms with Crippen LogP contribution in [-0.4, -0.2) is 18.8 Å². The molecule has 0 heterocycles. The van der Waals surface area contributed by atoms with E-state index in [1.54, 1.807) is 0 Å². The average molecular weight is 226 g/mol. The Hall–Kier alpha value is -0.740. The summed E-state index contributed by atoms with van der Waals surface area (Å²) in [5, 5.41) is 0. The summed E-state index contributed by atoms with van der Waals surface area (Å²) in [6.07, 6.45) is 0.350. The lowest BCUT2D eigenvalue weighted by molar-refractivity contribution is -0.186. The van der Waals surface area contributed by atoms with Gasteiger partial charge in [-0.15, -0.1) is 0 Å². The van der Waals surface area contributed by atoms with Crippen LogP contribution >= 0.6 is 0 Å². The van der Waals surface area contributed by atoms with Crippen molar-refractivity contribution in [3.05, 3.63) is 0 Å². The van der Waals surface area contributed by atoms with Crippen molar-refractivity contribution in [1.29, 1.82) is 0 Å². The molecule has 0 saturated carbocycles. The van der Waals surface area contributed by atoms with E-state index in [-0.39, 0.29) is 6.42 Å². The van der Waals surface area contributed by atoms with Crippen LogP contribution in [0.5, 0.6) is 0 Å². The quantitative estimate of drug-likeness (QED) is 0.491. The molecule has 0 aliphatic carbocycles. The fourth-order valence-electron chi connectivity index (χ4n) is 1.11. The Bertz CT molecular complexity index is 178. The Kier molecular flexibility index (Phi) is 7.17. The maximum atomic E-state index is 11.6. The van der Waals surface area contributed by atoms with Gasteiger partial charge < -0.3 is 4.74 Å². The molecular formula is C10H17F3O2. The number of unbranched alkanes of at least 4 members (excludes halogenated alkanes) is 4. The van der Waals surface area contributed by atoms with E-state index in [2.05, 4.69) is 11.7 Å². The molecule has 0 radical (unpaired) electrons. The first-order chi connectivity index (χ1) is 6.95. The van der Waals surface area contributed by atoms with Crippen LogP contribution < -0.4 is 0 Å². The number of hydrogen-bond acceptors (Lipinski definition) is 2. The first-order valence-corrected chi connectivity index (χ1v) is 5.18. The second kappa shape index (κ2) is 7.54. The zero-order chi connectivity index (χ0) is 11.7. The molecule has 0 unspecified atom stereocenters. The molecule has 0 fully saturated rings. The number of ether oxygens (including phenoxy) is 1. The highest BCUT2D eigenvalue weighted by atomic mass is 19.4. The molecule has 0 spiro atoms. The van der Waals surface area contributed by atoms with Gasteiger partial charge in [0.05, 0.1) is 0 Å². The Morgan fingerprint density at radius 1 is 1.13 bits per heavy atom. The molecule has 0 aromatic rings. The molecule has 5 heteroatoms. The van der Waals surface area contributed by atoms with Gasteiger partial charge in [0.2, 0.25) is 0 Å². The van der Waals surface area contributed by atoms with Crippen molar-refractivity contribution in [1.82, 2.24) is 0 Å². The summed E-state index contributed by atoms with van der Waals surface area (Å²) in [5.74, 6) is -0.760. The standard InChI is InChI=1S/C10H17F3O2/c1-2-3-4-5-6-7-9(14)15-8-10(11,12)13/h2-8H2,1H3. The van der Waals surface area contributed by atoms with Crippen molar-refractivity contribution in [3.8, 4) is 0 Å². The summed E-state index contributed by atoms with van der Waals surface area (Å²) in [6, 6.07) is 0. The molecule has 0 bridgehead atoms. The molecule has 2 nitrogen and oxygen atoms in total. The third-order valence-electron chi connectivity index (χ3n) is 1.88. The molecule has 15 heavy (non-hydrogen) atoms. The number of alkyl halides is 3. The van der Waals surface area contributed by atoms with Crippen molar-refractivity contribution < 1.29 is 22.7 Å². The first-order valence-electron chi connectivity index (χ1n) is 5.18. The largest absolute Gasteiger partial charge is 0.456 e. The van der Waals surface area contributed by atoms with Crippen LogP contribution in [0.3, 0.4) is 0 Å². The molecule has 90 valence electrons. The lowest BCUT2D eigenvalue weighted by Gasteiger charge is -2.07. The van der Waals surface area contributed by atoms with Crippen molar-refractivity contribution in [2.75, 3.05) is 6.61 Å². The summed E-state index contributed by atoms with van der Waals surface area (Å²) in [5.41, 5.74) is 0. The molecular weight excluding hydrogens is 209 g/mol. The van der Waals surface area contributed by atoms with Crippen LogP contribution in [0.4, 0.5) is 13.2 Å². The number of rotatable bonds is 7. The summed E-state index contributed by atoms with van der Waals surface area (Å²) in [6.45, 7) is 0.596. The van der Waals surface area contributed by atoms with Crippen LogP contribution in [0, 0.1) is 0 Å². The lowest BCUT2D eigenvalue weighted by Crippen LogP contribution is -2.20. The fraction of sp³-hybridized carbons (Fsp3) is 0.900. The third-order valence-corrected chi connectivity index (χ3v) is 1.88. The van der Waals surface area contributed by atoms with Crippen molar-refractivity contribution in [2.45, 2.75) is 51.6 Å². The van der Waals surface area contributed by atoms with Gasteiger partial charge in [-0.2, -0.15) is 13.2 Å². The van der Waals surface area contributed by atoms with Gasteiger partial charge in [-0.25, -0.2) is 0 Å². The van der Waals surface area contributed by atoms with Crippen molar-refractivity contribution >= 4 is 5.97 Å². The van der Waals surface area contributed by atoms with Crippen LogP contribution in [0.15, 0.2) is 0 Å². The summed E-state index contributed by atoms with van der Waals surface area (Å²) in [4.78, 5) is 10.8. The summed E-state index contributed by atoms with van der Waals surface area (Å²) >= 11 is 0. The summed E-state index contributed by atoms with van der Waals surface area (Å²) < 4.78 is 38.9. The van der Waals surface area contributed by atoms with E-state index in [4.69, 9.17) is 0 Å². The van der Waals surface area contributed by atoms with E-state index in [1.165, 1.54) is 0 Å². The highest BCUT2D eigenvalue weighted by Gasteiger charge is 2.29. The second-order valence-corrected chi connectivity index (χ2v) is 3.44. The first kappa shape index (κ1) is 14.3. The SMILES string of the molecule is CCCCCCCC(=O)OCC(F)(F)F. The van der Waals surface area contributed by atoms with Gasteiger partial charge in [-0.1, -0.05) is 32.6 Å². The number of hydrogen-bond donors (Lipinski definition) is 0. The molecule has 0 atom stereocenters. The Labute approximate surface area is 87.8 Å². The van der Waals surface area contributed by atoms with Gasteiger partial charge >= 0.3 is 12.1 Å². The molecule has 0 aromatic carbocycles. The van der Waals surface area contributed by atoms with E-state index < -0.39 is 18.8 Å². The van der Waals surface area contributed by atoms with E-state index >= 15 is 0 Å². The lowest BCUT2D eigenvalue weighted by atomic mass is 10.1. The monoisotopic (exact) mass is 226 g/mol. The van der Waals surface area contributed by atoms with Gasteiger partial charge in [0, 0.05) is 6.42 Å². The maximum Gasteiger partial charge on any atom is 0.422 e. The van der Waals surface area contributed by atoms with E-state index in [0.717, 1.165) is 25.7 Å². The van der Waals surface area contributed by atoms with Gasteiger partial charge in [-0.3, -0.25) is 4.79 Å². The predicted molar refractivity (Wildman–Crippen MR) is 50.4 cm³/mol. The van der Waals surface area contributed by atoms with Crippen molar-refractivity contribution in [2.24, 2.45) is 0 Å². The number of esters is 1. The fourth-order valence-corrected chi connectivity index (χ4v) is 1.11. The Morgan fingerprint density at radius 2 is 1.73 bits per heavy atom. The molecule has 0 aromatic heterocycles. The highest BCUT2D eigenvalue weighted by molar-refractivity contribution is 5.69. The minimum Gasteiger partial charge on any atom is -0.456 e. The zero-order valence-electron chi connectivity index (χ0n) is 8.90. The molecule has 0 rings (SSSR count). The van der Waals surface area contributed by atoms with Crippen molar-refractivity contribution in [3.63, 3.8) is 0 Å².